The van der Waals surface area contributed by atoms with Gasteiger partial charge in [0, 0.05) is 6.92 Å². The molecular weight excluding hydrogens is 158 g/mol. The van der Waals surface area contributed by atoms with E-state index >= 15 is 0 Å². The Morgan fingerprint density at radius 3 is 2.58 bits per heavy atom. The van der Waals surface area contributed by atoms with Crippen LogP contribution in [0.15, 0.2) is 12.7 Å². The minimum absolute atomic E-state index is 0.327. The van der Waals surface area contributed by atoms with Crippen molar-refractivity contribution in [3.05, 3.63) is 12.7 Å². The number of carbonyl (C=O) groups excluding carboxylic acids is 1. The second kappa shape index (κ2) is 5.35. The summed E-state index contributed by atoms with van der Waals surface area (Å²) in [6.45, 7) is 4.76. The van der Waals surface area contributed by atoms with Crippen LogP contribution < -0.4 is 5.32 Å². The van der Waals surface area contributed by atoms with Gasteiger partial charge in [-0.05, 0) is 12.8 Å². The highest BCUT2D eigenvalue weighted by molar-refractivity contribution is 5.81. The van der Waals surface area contributed by atoms with E-state index in [-0.39, 0.29) is 5.91 Å². The largest absolute Gasteiger partial charge is 0.480 e. The molecule has 0 aliphatic carbocycles. The SMILES string of the molecule is C=CCC[C@H](NC(C)=O)C(=O)O. The molecule has 0 aromatic rings. The van der Waals surface area contributed by atoms with Crippen molar-refractivity contribution in [2.45, 2.75) is 25.8 Å². The molecule has 0 radical (unpaired) electrons. The maximum atomic E-state index is 10.5. The minimum Gasteiger partial charge on any atom is -0.480 e. The fourth-order valence-electron chi connectivity index (χ4n) is 0.787. The number of carboxylic acids is 1. The maximum Gasteiger partial charge on any atom is 0.326 e. The van der Waals surface area contributed by atoms with Crippen molar-refractivity contribution in [3.8, 4) is 0 Å². The molecule has 0 heterocycles. The van der Waals surface area contributed by atoms with Crippen LogP contribution in [-0.2, 0) is 9.59 Å². The number of amides is 1. The molecule has 1 atom stereocenters. The second-order valence-electron chi connectivity index (χ2n) is 2.46. The van der Waals surface area contributed by atoms with Crippen LogP contribution in [0.3, 0.4) is 0 Å². The van der Waals surface area contributed by atoms with Crippen LogP contribution in [0, 0.1) is 0 Å². The van der Waals surface area contributed by atoms with Gasteiger partial charge in [-0.15, -0.1) is 6.58 Å². The molecule has 2 N–H and O–H groups in total. The maximum absolute atomic E-state index is 10.5. The van der Waals surface area contributed by atoms with Crippen molar-refractivity contribution < 1.29 is 14.7 Å². The van der Waals surface area contributed by atoms with E-state index in [1.807, 2.05) is 0 Å². The average Bonchev–Trinajstić information content (AvgIpc) is 1.96. The molecule has 68 valence electrons. The zero-order valence-electron chi connectivity index (χ0n) is 7.04. The molecule has 0 unspecified atom stereocenters. The highest BCUT2D eigenvalue weighted by Gasteiger charge is 2.16. The summed E-state index contributed by atoms with van der Waals surface area (Å²) in [5.41, 5.74) is 0. The molecule has 0 rings (SSSR count). The number of allylic oxidation sites excluding steroid dienone is 1. The Morgan fingerprint density at radius 2 is 2.25 bits per heavy atom. The van der Waals surface area contributed by atoms with Crippen LogP contribution in [0.1, 0.15) is 19.8 Å². The first-order valence-electron chi connectivity index (χ1n) is 3.68. The van der Waals surface area contributed by atoms with Crippen molar-refractivity contribution in [2.75, 3.05) is 0 Å². The molecule has 12 heavy (non-hydrogen) atoms. The van der Waals surface area contributed by atoms with Gasteiger partial charge in [0.1, 0.15) is 6.04 Å². The van der Waals surface area contributed by atoms with E-state index < -0.39 is 12.0 Å². The third-order valence-corrected chi connectivity index (χ3v) is 1.34. The molecule has 4 heteroatoms. The number of aliphatic carboxylic acids is 1. The summed E-state index contributed by atoms with van der Waals surface area (Å²) >= 11 is 0. The van der Waals surface area contributed by atoms with Gasteiger partial charge in [0.05, 0.1) is 0 Å². The first kappa shape index (κ1) is 10.7. The standard InChI is InChI=1S/C8H13NO3/c1-3-4-5-7(8(11)12)9-6(2)10/h3,7H,1,4-5H2,2H3,(H,9,10)(H,11,12)/t7-/m0/s1. The Balaban J connectivity index is 3.94. The number of hydrogen-bond donors (Lipinski definition) is 2. The Morgan fingerprint density at radius 1 is 1.67 bits per heavy atom. The fraction of sp³-hybridized carbons (Fsp3) is 0.500. The zero-order chi connectivity index (χ0) is 9.56. The van der Waals surface area contributed by atoms with E-state index in [1.165, 1.54) is 6.92 Å². The van der Waals surface area contributed by atoms with Crippen LogP contribution in [0.2, 0.25) is 0 Å². The average molecular weight is 171 g/mol. The molecule has 4 nitrogen and oxygen atoms in total. The quantitative estimate of drug-likeness (QED) is 0.593. The molecule has 1 amide bonds. The zero-order valence-corrected chi connectivity index (χ0v) is 7.04. The molecule has 0 bridgehead atoms. The van der Waals surface area contributed by atoms with Gasteiger partial charge in [0.15, 0.2) is 0 Å². The van der Waals surface area contributed by atoms with Gasteiger partial charge in [0.2, 0.25) is 5.91 Å². The lowest BCUT2D eigenvalue weighted by molar-refractivity contribution is -0.141. The number of rotatable bonds is 5. The molecule has 0 saturated carbocycles. The highest BCUT2D eigenvalue weighted by Crippen LogP contribution is 1.97. The molecule has 0 aliphatic rings. The monoisotopic (exact) mass is 171 g/mol. The Bertz CT molecular complexity index is 189. The van der Waals surface area contributed by atoms with Gasteiger partial charge in [-0.3, -0.25) is 4.79 Å². The smallest absolute Gasteiger partial charge is 0.326 e. The normalized spacial score (nSPS) is 11.8. The first-order valence-corrected chi connectivity index (χ1v) is 3.68. The predicted molar refractivity (Wildman–Crippen MR) is 44.7 cm³/mol. The molecule has 0 fully saturated rings. The van der Waals surface area contributed by atoms with Crippen LogP contribution in [0.25, 0.3) is 0 Å². The number of carbonyl (C=O) groups is 2. The summed E-state index contributed by atoms with van der Waals surface area (Å²) in [5.74, 6) is -1.33. The molecule has 0 aliphatic heterocycles. The van der Waals surface area contributed by atoms with Gasteiger partial charge in [0.25, 0.3) is 0 Å². The summed E-state index contributed by atoms with van der Waals surface area (Å²) in [5, 5.41) is 10.9. The summed E-state index contributed by atoms with van der Waals surface area (Å²) in [6.07, 6.45) is 2.59. The lowest BCUT2D eigenvalue weighted by atomic mass is 10.1. The van der Waals surface area contributed by atoms with Crippen molar-refractivity contribution in [2.24, 2.45) is 0 Å². The topological polar surface area (TPSA) is 66.4 Å². The summed E-state index contributed by atoms with van der Waals surface area (Å²) < 4.78 is 0. The third-order valence-electron chi connectivity index (χ3n) is 1.34. The van der Waals surface area contributed by atoms with Crippen molar-refractivity contribution in [1.82, 2.24) is 5.32 Å². The van der Waals surface area contributed by atoms with Crippen LogP contribution in [-0.4, -0.2) is 23.0 Å². The molecule has 0 spiro atoms. The number of nitrogens with one attached hydrogen (secondary N) is 1. The van der Waals surface area contributed by atoms with E-state index in [0.717, 1.165) is 0 Å². The lowest BCUT2D eigenvalue weighted by Crippen LogP contribution is -2.39. The number of hydrogen-bond acceptors (Lipinski definition) is 2. The van der Waals surface area contributed by atoms with Crippen molar-refractivity contribution in [3.63, 3.8) is 0 Å². The van der Waals surface area contributed by atoms with Crippen molar-refractivity contribution in [1.29, 1.82) is 0 Å². The Hall–Kier alpha value is -1.32. The van der Waals surface area contributed by atoms with Crippen LogP contribution in [0.4, 0.5) is 0 Å². The van der Waals surface area contributed by atoms with Crippen LogP contribution >= 0.6 is 0 Å². The predicted octanol–water partition coefficient (Wildman–Crippen LogP) is 0.542. The highest BCUT2D eigenvalue weighted by atomic mass is 16.4. The van der Waals surface area contributed by atoms with Crippen molar-refractivity contribution >= 4 is 11.9 Å². The van der Waals surface area contributed by atoms with Gasteiger partial charge >= 0.3 is 5.97 Å². The molecular formula is C8H13NO3. The Labute approximate surface area is 71.3 Å². The number of carboxylic acid groups (broad SMARTS) is 1. The van der Waals surface area contributed by atoms with E-state index in [1.54, 1.807) is 6.08 Å². The van der Waals surface area contributed by atoms with Gasteiger partial charge in [-0.1, -0.05) is 6.08 Å². The van der Waals surface area contributed by atoms with Gasteiger partial charge in [-0.2, -0.15) is 0 Å². The summed E-state index contributed by atoms with van der Waals surface area (Å²) in [7, 11) is 0. The minimum atomic E-state index is -1.01. The first-order chi connectivity index (χ1) is 5.57. The van der Waals surface area contributed by atoms with E-state index in [9.17, 15) is 9.59 Å². The van der Waals surface area contributed by atoms with E-state index in [0.29, 0.717) is 12.8 Å². The molecule has 0 aromatic heterocycles. The third kappa shape index (κ3) is 4.49. The van der Waals surface area contributed by atoms with Crippen LogP contribution in [0.5, 0.6) is 0 Å². The van der Waals surface area contributed by atoms with E-state index in [2.05, 4.69) is 11.9 Å². The van der Waals surface area contributed by atoms with Gasteiger partial charge < -0.3 is 10.4 Å². The summed E-state index contributed by atoms with van der Waals surface area (Å²) in [4.78, 5) is 21.0. The van der Waals surface area contributed by atoms with E-state index in [4.69, 9.17) is 5.11 Å². The molecule has 0 saturated heterocycles. The Kier molecular flexibility index (Phi) is 4.76. The second-order valence-corrected chi connectivity index (χ2v) is 2.46. The molecule has 0 aromatic carbocycles. The fourth-order valence-corrected chi connectivity index (χ4v) is 0.787. The van der Waals surface area contributed by atoms with Gasteiger partial charge in [-0.25, -0.2) is 4.79 Å². The summed E-state index contributed by atoms with van der Waals surface area (Å²) in [6, 6.07) is -0.791. The lowest BCUT2D eigenvalue weighted by Gasteiger charge is -2.11.